The minimum atomic E-state index is -0.284. The average Bonchev–Trinajstić information content (AvgIpc) is 3.04. The molecule has 1 aromatic carbocycles. The molecule has 2 heterocycles. The van der Waals surface area contributed by atoms with E-state index in [1.54, 1.807) is 30.5 Å². The smallest absolute Gasteiger partial charge is 0.259 e. The molecule has 3 rings (SSSR count). The van der Waals surface area contributed by atoms with Crippen LogP contribution >= 0.6 is 11.3 Å². The summed E-state index contributed by atoms with van der Waals surface area (Å²) < 4.78 is 17.9. The van der Waals surface area contributed by atoms with E-state index in [-0.39, 0.29) is 11.7 Å². The summed E-state index contributed by atoms with van der Waals surface area (Å²) in [7, 11) is 1.51. The number of hydrogen-bond donors (Lipinski definition) is 1. The molecule has 0 bridgehead atoms. The number of rotatable bonds is 5. The second-order valence-corrected chi connectivity index (χ2v) is 6.09. The third-order valence-electron chi connectivity index (χ3n) is 3.27. The van der Waals surface area contributed by atoms with E-state index >= 15 is 0 Å². The van der Waals surface area contributed by atoms with Gasteiger partial charge in [0, 0.05) is 29.8 Å². The zero-order valence-electron chi connectivity index (χ0n) is 12.8. The fourth-order valence-electron chi connectivity index (χ4n) is 2.06. The summed E-state index contributed by atoms with van der Waals surface area (Å²) in [6, 6.07) is 9.57. The summed E-state index contributed by atoms with van der Waals surface area (Å²) in [5.74, 6) is -0.0978. The molecule has 0 atom stereocenters. The van der Waals surface area contributed by atoms with Gasteiger partial charge in [0.2, 0.25) is 5.88 Å². The standard InChI is InChI=1S/C17H14FN3O2S/c1-23-15-7-4-12(9-19-15)16(22)21-17-20-10-14(24-17)8-11-2-5-13(18)6-3-11/h2-7,9-10H,8H2,1H3,(H,20,21,22). The van der Waals surface area contributed by atoms with Crippen LogP contribution < -0.4 is 10.1 Å². The molecule has 0 saturated carbocycles. The summed E-state index contributed by atoms with van der Waals surface area (Å²) >= 11 is 1.38. The Kier molecular flexibility index (Phi) is 4.81. The number of carbonyl (C=O) groups excluding carboxylic acids is 1. The van der Waals surface area contributed by atoms with E-state index in [4.69, 9.17) is 4.74 Å². The van der Waals surface area contributed by atoms with Gasteiger partial charge in [0.05, 0.1) is 12.7 Å². The van der Waals surface area contributed by atoms with Gasteiger partial charge in [0.15, 0.2) is 5.13 Å². The molecule has 1 N–H and O–H groups in total. The molecular weight excluding hydrogens is 329 g/mol. The first-order chi connectivity index (χ1) is 11.6. The number of aromatic nitrogens is 2. The lowest BCUT2D eigenvalue weighted by atomic mass is 10.1. The van der Waals surface area contributed by atoms with Crippen molar-refractivity contribution in [1.29, 1.82) is 0 Å². The van der Waals surface area contributed by atoms with Crippen LogP contribution in [0.1, 0.15) is 20.8 Å². The number of amides is 1. The van der Waals surface area contributed by atoms with Crippen LogP contribution in [0.25, 0.3) is 0 Å². The number of nitrogens with one attached hydrogen (secondary N) is 1. The number of thiazole rings is 1. The number of carbonyl (C=O) groups is 1. The van der Waals surface area contributed by atoms with Gasteiger partial charge in [-0.15, -0.1) is 11.3 Å². The topological polar surface area (TPSA) is 64.1 Å². The van der Waals surface area contributed by atoms with Gasteiger partial charge in [-0.05, 0) is 23.8 Å². The Hall–Kier alpha value is -2.80. The van der Waals surface area contributed by atoms with Crippen LogP contribution in [0, 0.1) is 5.82 Å². The van der Waals surface area contributed by atoms with Crippen molar-refractivity contribution in [2.45, 2.75) is 6.42 Å². The lowest BCUT2D eigenvalue weighted by molar-refractivity contribution is 0.102. The molecular formula is C17H14FN3O2S. The highest BCUT2D eigenvalue weighted by Gasteiger charge is 2.10. The first kappa shape index (κ1) is 16.1. The number of ether oxygens (including phenoxy) is 1. The number of benzene rings is 1. The molecule has 0 spiro atoms. The number of halogens is 1. The Morgan fingerprint density at radius 3 is 2.62 bits per heavy atom. The van der Waals surface area contributed by atoms with Gasteiger partial charge in [-0.3, -0.25) is 10.1 Å². The van der Waals surface area contributed by atoms with E-state index in [1.165, 1.54) is 36.8 Å². The Bertz CT molecular complexity index is 832. The SMILES string of the molecule is COc1ccc(C(=O)Nc2ncc(Cc3ccc(F)cc3)s2)cn1. The summed E-state index contributed by atoms with van der Waals surface area (Å²) in [6.45, 7) is 0. The van der Waals surface area contributed by atoms with Crippen LogP contribution in [0.2, 0.25) is 0 Å². The maximum absolute atomic E-state index is 12.9. The largest absolute Gasteiger partial charge is 0.481 e. The highest BCUT2D eigenvalue weighted by molar-refractivity contribution is 7.15. The lowest BCUT2D eigenvalue weighted by Gasteiger charge is -2.02. The zero-order chi connectivity index (χ0) is 16.9. The third-order valence-corrected chi connectivity index (χ3v) is 4.19. The van der Waals surface area contributed by atoms with Gasteiger partial charge in [0.1, 0.15) is 5.82 Å². The second kappa shape index (κ2) is 7.18. The van der Waals surface area contributed by atoms with E-state index in [1.807, 2.05) is 0 Å². The predicted octanol–water partition coefficient (Wildman–Crippen LogP) is 3.53. The fourth-order valence-corrected chi connectivity index (χ4v) is 2.90. The van der Waals surface area contributed by atoms with E-state index in [9.17, 15) is 9.18 Å². The summed E-state index contributed by atoms with van der Waals surface area (Å²) in [5.41, 5.74) is 1.41. The second-order valence-electron chi connectivity index (χ2n) is 4.98. The number of anilines is 1. The van der Waals surface area contributed by atoms with Crippen LogP contribution in [0.15, 0.2) is 48.8 Å². The molecule has 0 unspecified atom stereocenters. The van der Waals surface area contributed by atoms with Crippen molar-refractivity contribution in [3.63, 3.8) is 0 Å². The van der Waals surface area contributed by atoms with Crippen molar-refractivity contribution in [3.8, 4) is 5.88 Å². The van der Waals surface area contributed by atoms with Crippen molar-refractivity contribution in [1.82, 2.24) is 9.97 Å². The quantitative estimate of drug-likeness (QED) is 0.770. The minimum Gasteiger partial charge on any atom is -0.481 e. The molecule has 24 heavy (non-hydrogen) atoms. The number of pyridine rings is 1. The normalized spacial score (nSPS) is 10.4. The molecule has 0 radical (unpaired) electrons. The average molecular weight is 343 g/mol. The molecule has 2 aromatic heterocycles. The number of nitrogens with zero attached hydrogens (tertiary/aromatic N) is 2. The van der Waals surface area contributed by atoms with Crippen molar-refractivity contribution in [2.75, 3.05) is 12.4 Å². The molecule has 0 aliphatic heterocycles. The molecule has 0 saturated heterocycles. The highest BCUT2D eigenvalue weighted by Crippen LogP contribution is 2.22. The Morgan fingerprint density at radius 1 is 1.17 bits per heavy atom. The van der Waals surface area contributed by atoms with Gasteiger partial charge in [0.25, 0.3) is 5.91 Å². The van der Waals surface area contributed by atoms with Crippen molar-refractivity contribution in [2.24, 2.45) is 0 Å². The predicted molar refractivity (Wildman–Crippen MR) is 90.1 cm³/mol. The van der Waals surface area contributed by atoms with Crippen LogP contribution in [0.3, 0.4) is 0 Å². The van der Waals surface area contributed by atoms with E-state index in [2.05, 4.69) is 15.3 Å². The first-order valence-electron chi connectivity index (χ1n) is 7.14. The Morgan fingerprint density at radius 2 is 1.96 bits per heavy atom. The van der Waals surface area contributed by atoms with Crippen LogP contribution in [-0.4, -0.2) is 23.0 Å². The van der Waals surface area contributed by atoms with Crippen LogP contribution in [0.5, 0.6) is 5.88 Å². The molecule has 3 aromatic rings. The summed E-state index contributed by atoms with van der Waals surface area (Å²) in [4.78, 5) is 21.3. The fraction of sp³-hybridized carbons (Fsp3) is 0.118. The van der Waals surface area contributed by atoms with E-state index in [0.29, 0.717) is 23.0 Å². The zero-order valence-corrected chi connectivity index (χ0v) is 13.6. The lowest BCUT2D eigenvalue weighted by Crippen LogP contribution is -2.11. The summed E-state index contributed by atoms with van der Waals surface area (Å²) in [6.07, 6.45) is 3.79. The molecule has 0 aliphatic rings. The van der Waals surface area contributed by atoms with Crippen LogP contribution in [-0.2, 0) is 6.42 Å². The highest BCUT2D eigenvalue weighted by atomic mass is 32.1. The van der Waals surface area contributed by atoms with Crippen molar-refractivity contribution in [3.05, 3.63) is 70.6 Å². The first-order valence-corrected chi connectivity index (χ1v) is 7.96. The van der Waals surface area contributed by atoms with E-state index in [0.717, 1.165) is 10.4 Å². The number of methoxy groups -OCH3 is 1. The molecule has 0 aliphatic carbocycles. The van der Waals surface area contributed by atoms with E-state index < -0.39 is 0 Å². The van der Waals surface area contributed by atoms with Crippen molar-refractivity contribution < 1.29 is 13.9 Å². The number of hydrogen-bond acceptors (Lipinski definition) is 5. The molecule has 0 fully saturated rings. The molecule has 122 valence electrons. The maximum Gasteiger partial charge on any atom is 0.259 e. The van der Waals surface area contributed by atoms with Gasteiger partial charge in [-0.25, -0.2) is 14.4 Å². The Balaban J connectivity index is 1.64. The monoisotopic (exact) mass is 343 g/mol. The third kappa shape index (κ3) is 3.94. The summed E-state index contributed by atoms with van der Waals surface area (Å²) in [5, 5.41) is 3.25. The minimum absolute atomic E-state index is 0.260. The molecule has 1 amide bonds. The Labute approximate surface area is 142 Å². The molecule has 7 heteroatoms. The van der Waals surface area contributed by atoms with Crippen LogP contribution in [0.4, 0.5) is 9.52 Å². The van der Waals surface area contributed by atoms with Gasteiger partial charge >= 0.3 is 0 Å². The maximum atomic E-state index is 12.9. The molecule has 5 nitrogen and oxygen atoms in total. The van der Waals surface area contributed by atoms with Gasteiger partial charge < -0.3 is 4.74 Å². The van der Waals surface area contributed by atoms with Crippen molar-refractivity contribution >= 4 is 22.4 Å². The van der Waals surface area contributed by atoms with Gasteiger partial charge in [-0.2, -0.15) is 0 Å². The van der Waals surface area contributed by atoms with Gasteiger partial charge in [-0.1, -0.05) is 12.1 Å².